The van der Waals surface area contributed by atoms with E-state index in [4.69, 9.17) is 9.15 Å². The summed E-state index contributed by atoms with van der Waals surface area (Å²) < 4.78 is 49.5. The minimum absolute atomic E-state index is 0.00616. The highest BCUT2D eigenvalue weighted by Crippen LogP contribution is 2.32. The van der Waals surface area contributed by atoms with Gasteiger partial charge < -0.3 is 14.5 Å². The van der Waals surface area contributed by atoms with E-state index in [1.54, 1.807) is 36.4 Å². The number of cyclic esters (lactones) is 1. The molecular formula is C28H22F3N5O4. The largest absolute Gasteiger partial charge is 0.442 e. The van der Waals surface area contributed by atoms with Gasteiger partial charge in [0.2, 0.25) is 5.89 Å². The number of rotatable bonds is 6. The number of oxazole rings is 1. The van der Waals surface area contributed by atoms with Gasteiger partial charge in [-0.25, -0.2) is 14.8 Å². The number of anilines is 1. The first kappa shape index (κ1) is 26.7. The number of ether oxygens (including phenoxy) is 1. The molecule has 40 heavy (non-hydrogen) atoms. The van der Waals surface area contributed by atoms with Crippen LogP contribution < -0.4 is 10.2 Å². The third kappa shape index (κ3) is 5.31. The summed E-state index contributed by atoms with van der Waals surface area (Å²) in [7, 11) is 0. The fraction of sp³-hybridized carbons (Fsp3) is 0.250. The summed E-state index contributed by atoms with van der Waals surface area (Å²) in [6, 6.07) is 14.1. The van der Waals surface area contributed by atoms with Crippen LogP contribution in [0.5, 0.6) is 0 Å². The van der Waals surface area contributed by atoms with Gasteiger partial charge in [0.25, 0.3) is 5.91 Å². The number of nitrogens with one attached hydrogen (secondary N) is 1. The van der Waals surface area contributed by atoms with Gasteiger partial charge in [-0.1, -0.05) is 13.8 Å². The highest BCUT2D eigenvalue weighted by Gasteiger charge is 2.35. The maximum absolute atomic E-state index is 12.8. The molecule has 1 aliphatic heterocycles. The molecule has 2 aromatic heterocycles. The number of nitrogens with zero attached hydrogens (tertiary/aromatic N) is 4. The molecule has 3 heterocycles. The van der Waals surface area contributed by atoms with Crippen LogP contribution in [0, 0.1) is 11.3 Å². The van der Waals surface area contributed by atoms with E-state index in [0.29, 0.717) is 39.9 Å². The molecule has 1 atom stereocenters. The Hall–Kier alpha value is -4.92. The zero-order chi connectivity index (χ0) is 28.6. The van der Waals surface area contributed by atoms with Crippen LogP contribution in [0.3, 0.4) is 0 Å². The van der Waals surface area contributed by atoms with Gasteiger partial charge in [-0.3, -0.25) is 9.69 Å². The molecule has 2 amide bonds. The van der Waals surface area contributed by atoms with E-state index in [0.717, 1.165) is 22.6 Å². The molecule has 1 fully saturated rings. The number of aromatic nitrogens is 2. The van der Waals surface area contributed by atoms with Crippen LogP contribution in [-0.2, 0) is 10.9 Å². The molecule has 0 saturated carbocycles. The van der Waals surface area contributed by atoms with Crippen LogP contribution in [0.15, 0.2) is 59.1 Å². The Balaban J connectivity index is 1.22. The average molecular weight is 550 g/mol. The smallest absolute Gasteiger partial charge is 0.417 e. The summed E-state index contributed by atoms with van der Waals surface area (Å²) >= 11 is 0. The number of carbonyl (C=O) groups excluding carboxylic acids is 2. The highest BCUT2D eigenvalue weighted by molar-refractivity contribution is 5.95. The molecule has 0 radical (unpaired) electrons. The van der Waals surface area contributed by atoms with E-state index < -0.39 is 29.8 Å². The van der Waals surface area contributed by atoms with Gasteiger partial charge in [0, 0.05) is 22.9 Å². The third-order valence-electron chi connectivity index (χ3n) is 6.38. The Morgan fingerprint density at radius 1 is 1.20 bits per heavy atom. The zero-order valence-electron chi connectivity index (χ0n) is 21.3. The molecule has 204 valence electrons. The molecular weight excluding hydrogens is 527 g/mol. The minimum atomic E-state index is -4.54. The molecule has 9 nitrogen and oxygen atoms in total. The second kappa shape index (κ2) is 10.3. The van der Waals surface area contributed by atoms with Gasteiger partial charge in [0.1, 0.15) is 17.4 Å². The molecule has 12 heteroatoms. The molecule has 0 spiro atoms. The fourth-order valence-electron chi connectivity index (χ4n) is 4.28. The van der Waals surface area contributed by atoms with E-state index in [2.05, 4.69) is 21.4 Å². The number of fused-ring (bicyclic) bond motifs is 1. The third-order valence-corrected chi connectivity index (χ3v) is 6.38. The first-order valence-electron chi connectivity index (χ1n) is 12.3. The van der Waals surface area contributed by atoms with E-state index in [-0.39, 0.29) is 24.8 Å². The maximum atomic E-state index is 12.8. The van der Waals surface area contributed by atoms with E-state index in [9.17, 15) is 28.0 Å². The Morgan fingerprint density at radius 2 is 1.95 bits per heavy atom. The lowest BCUT2D eigenvalue weighted by molar-refractivity contribution is -0.137. The monoisotopic (exact) mass is 549 g/mol. The maximum Gasteiger partial charge on any atom is 0.417 e. The van der Waals surface area contributed by atoms with Gasteiger partial charge >= 0.3 is 12.3 Å². The fourth-order valence-corrected chi connectivity index (χ4v) is 4.28. The van der Waals surface area contributed by atoms with Crippen molar-refractivity contribution in [1.82, 2.24) is 15.3 Å². The van der Waals surface area contributed by atoms with Crippen molar-refractivity contribution in [3.05, 3.63) is 77.0 Å². The second-order valence-electron chi connectivity index (χ2n) is 9.51. The van der Waals surface area contributed by atoms with Crippen molar-refractivity contribution in [2.24, 2.45) is 0 Å². The summed E-state index contributed by atoms with van der Waals surface area (Å²) in [6.45, 7) is 4.01. The quantitative estimate of drug-likeness (QED) is 0.329. The number of halogens is 3. The van der Waals surface area contributed by atoms with E-state index in [1.807, 2.05) is 13.8 Å². The lowest BCUT2D eigenvalue weighted by Gasteiger charge is -2.13. The zero-order valence-corrected chi connectivity index (χ0v) is 21.3. The predicted molar refractivity (Wildman–Crippen MR) is 137 cm³/mol. The number of benzene rings is 2. The number of amides is 2. The van der Waals surface area contributed by atoms with Crippen LogP contribution in [0.1, 0.15) is 46.8 Å². The van der Waals surface area contributed by atoms with Gasteiger partial charge in [-0.05, 0) is 54.4 Å². The SMILES string of the molecule is CC(C)c1cc(C#N)cc2nc(-c3ccc(C(=O)NCC4CN(c5ccc(C(F)(F)F)cn5)C(=O)O4)cc3)oc12. The van der Waals surface area contributed by atoms with Crippen molar-refractivity contribution < 1.29 is 31.9 Å². The number of hydrogen-bond donors (Lipinski definition) is 1. The van der Waals surface area contributed by atoms with Crippen molar-refractivity contribution in [2.45, 2.75) is 32.0 Å². The molecule has 2 aromatic carbocycles. The van der Waals surface area contributed by atoms with Gasteiger partial charge in [0.15, 0.2) is 5.58 Å². The van der Waals surface area contributed by atoms with Crippen molar-refractivity contribution in [3.8, 4) is 17.5 Å². The van der Waals surface area contributed by atoms with Crippen molar-refractivity contribution in [2.75, 3.05) is 18.0 Å². The number of carbonyl (C=O) groups is 2. The molecule has 1 aliphatic rings. The number of nitriles is 1. The van der Waals surface area contributed by atoms with E-state index in [1.165, 1.54) is 0 Å². The lowest BCUT2D eigenvalue weighted by Crippen LogP contribution is -2.34. The summed E-state index contributed by atoms with van der Waals surface area (Å²) in [6.07, 6.45) is -5.37. The standard InChI is InChI=1S/C28H22F3N5O4/c1-15(2)21-9-16(11-32)10-22-24(21)40-26(35-22)18-5-3-17(4-6-18)25(37)34-13-20-14-36(27(38)39-20)23-8-7-19(12-33-23)28(29,30)31/h3-10,12,15,20H,13-14H2,1-2H3,(H,34,37). The van der Waals surface area contributed by atoms with Crippen LogP contribution in [0.4, 0.5) is 23.8 Å². The van der Waals surface area contributed by atoms with Gasteiger partial charge in [0.05, 0.1) is 30.3 Å². The lowest BCUT2D eigenvalue weighted by atomic mass is 10.00. The summed E-state index contributed by atoms with van der Waals surface area (Å²) in [5.41, 5.74) is 2.62. The van der Waals surface area contributed by atoms with Crippen LogP contribution >= 0.6 is 0 Å². The number of hydrogen-bond acceptors (Lipinski definition) is 7. The van der Waals surface area contributed by atoms with E-state index >= 15 is 0 Å². The van der Waals surface area contributed by atoms with Crippen molar-refractivity contribution in [3.63, 3.8) is 0 Å². The summed E-state index contributed by atoms with van der Waals surface area (Å²) in [4.78, 5) is 34.2. The molecule has 1 N–H and O–H groups in total. The molecule has 1 saturated heterocycles. The van der Waals surface area contributed by atoms with Crippen LogP contribution in [0.2, 0.25) is 0 Å². The molecule has 0 bridgehead atoms. The average Bonchev–Trinajstić information content (AvgIpc) is 3.54. The Bertz CT molecular complexity index is 1620. The molecule has 5 rings (SSSR count). The molecule has 4 aromatic rings. The number of pyridine rings is 1. The Kier molecular flexibility index (Phi) is 6.89. The van der Waals surface area contributed by atoms with Crippen LogP contribution in [-0.4, -0.2) is 41.2 Å². The normalized spacial score (nSPS) is 15.4. The minimum Gasteiger partial charge on any atom is -0.442 e. The molecule has 0 aliphatic carbocycles. The summed E-state index contributed by atoms with van der Waals surface area (Å²) in [5, 5.41) is 12.0. The van der Waals surface area contributed by atoms with Crippen molar-refractivity contribution in [1.29, 1.82) is 5.26 Å². The van der Waals surface area contributed by atoms with Gasteiger partial charge in [-0.2, -0.15) is 18.4 Å². The second-order valence-corrected chi connectivity index (χ2v) is 9.51. The van der Waals surface area contributed by atoms with Crippen LogP contribution in [0.25, 0.3) is 22.6 Å². The Morgan fingerprint density at radius 3 is 2.58 bits per heavy atom. The Labute approximate surface area is 226 Å². The summed E-state index contributed by atoms with van der Waals surface area (Å²) in [5.74, 6) is 0.0897. The van der Waals surface area contributed by atoms with Gasteiger partial charge in [-0.15, -0.1) is 0 Å². The topological polar surface area (TPSA) is 121 Å². The number of alkyl halides is 3. The first-order chi connectivity index (χ1) is 19.0. The predicted octanol–water partition coefficient (Wildman–Crippen LogP) is 5.66. The van der Waals surface area contributed by atoms with Crippen molar-refractivity contribution >= 4 is 28.9 Å². The molecule has 1 unspecified atom stereocenters. The highest BCUT2D eigenvalue weighted by atomic mass is 19.4. The first-order valence-corrected chi connectivity index (χ1v) is 12.3.